The molecule has 0 N–H and O–H groups in total. The van der Waals surface area contributed by atoms with E-state index in [4.69, 9.17) is 27.6 Å². The Morgan fingerprint density at radius 1 is 0.694 bits per heavy atom. The van der Waals surface area contributed by atoms with Crippen LogP contribution in [0.2, 0.25) is 6.04 Å². The van der Waals surface area contributed by atoms with Crippen molar-refractivity contribution in [1.82, 2.24) is 5.06 Å². The van der Waals surface area contributed by atoms with Crippen LogP contribution in [0.25, 0.3) is 0 Å². The van der Waals surface area contributed by atoms with E-state index >= 15 is 0 Å². The normalized spacial score (nSPS) is 17.6. The van der Waals surface area contributed by atoms with Gasteiger partial charge in [0.2, 0.25) is 0 Å². The van der Waals surface area contributed by atoms with Gasteiger partial charge in [0.05, 0.1) is 12.7 Å². The molecule has 0 saturated carbocycles. The molecular formula is C41H77NO6Si. The number of ether oxygens (including phenoxy) is 2. The fourth-order valence-electron chi connectivity index (χ4n) is 7.91. The third kappa shape index (κ3) is 13.3. The maximum absolute atomic E-state index is 7.21. The topological polar surface area (TPSA) is 58.6 Å². The smallest absolute Gasteiger partial charge is 0.381 e. The molecule has 1 atom stereocenters. The Labute approximate surface area is 303 Å². The number of hydroxylamine groups is 2. The van der Waals surface area contributed by atoms with E-state index in [1.807, 2.05) is 27.9 Å². The number of nitrogens with zero attached hydrogens (tertiary/aromatic N) is 1. The quantitative estimate of drug-likeness (QED) is 0.0634. The van der Waals surface area contributed by atoms with E-state index in [0.29, 0.717) is 32.3 Å². The molecule has 1 saturated heterocycles. The van der Waals surface area contributed by atoms with Crippen LogP contribution in [-0.2, 0) is 34.2 Å². The van der Waals surface area contributed by atoms with Gasteiger partial charge in [0.15, 0.2) is 0 Å². The maximum Gasteiger partial charge on any atom is 0.500 e. The third-order valence-corrected chi connectivity index (χ3v) is 14.2. The van der Waals surface area contributed by atoms with Crippen molar-refractivity contribution in [2.45, 2.75) is 188 Å². The minimum atomic E-state index is -2.48. The van der Waals surface area contributed by atoms with Gasteiger partial charge in [-0.1, -0.05) is 104 Å². The molecule has 49 heavy (non-hydrogen) atoms. The summed E-state index contributed by atoms with van der Waals surface area (Å²) in [4.78, 5) is 7.21. The molecule has 7 nitrogen and oxygen atoms in total. The summed E-state index contributed by atoms with van der Waals surface area (Å²) < 4.78 is 30.1. The van der Waals surface area contributed by atoms with E-state index in [-0.39, 0.29) is 23.3 Å². The summed E-state index contributed by atoms with van der Waals surface area (Å²) in [6.45, 7) is 23.4. The minimum absolute atomic E-state index is 0.000330. The van der Waals surface area contributed by atoms with Gasteiger partial charge in [-0.15, -0.1) is 0 Å². The Morgan fingerprint density at radius 2 is 1.16 bits per heavy atom. The SMILES string of the molecule is CCO[Si](CCCCCCCCCCOCc1ccc(C(ON2C(CC)(CC)CC(OC)CC2(CC)CC)C(C)C)cc1)(OCC)OCC. The summed E-state index contributed by atoms with van der Waals surface area (Å²) in [5, 5.41) is 2.47. The molecule has 0 spiro atoms. The van der Waals surface area contributed by atoms with Crippen molar-refractivity contribution in [2.75, 3.05) is 33.5 Å². The molecule has 0 aliphatic carbocycles. The molecule has 1 fully saturated rings. The fourth-order valence-corrected chi connectivity index (χ4v) is 10.6. The van der Waals surface area contributed by atoms with E-state index in [2.05, 4.69) is 70.9 Å². The van der Waals surface area contributed by atoms with Gasteiger partial charge in [0, 0.05) is 50.7 Å². The molecule has 1 unspecified atom stereocenters. The van der Waals surface area contributed by atoms with E-state index < -0.39 is 8.80 Å². The predicted molar refractivity (Wildman–Crippen MR) is 206 cm³/mol. The van der Waals surface area contributed by atoms with Gasteiger partial charge in [-0.3, -0.25) is 4.84 Å². The molecule has 1 aliphatic heterocycles. The van der Waals surface area contributed by atoms with Crippen LogP contribution in [0.1, 0.15) is 169 Å². The highest BCUT2D eigenvalue weighted by atomic mass is 28.4. The number of unbranched alkanes of at least 4 members (excludes halogenated alkanes) is 7. The van der Waals surface area contributed by atoms with Crippen LogP contribution < -0.4 is 0 Å². The van der Waals surface area contributed by atoms with E-state index in [1.165, 1.54) is 49.7 Å². The molecular weight excluding hydrogens is 631 g/mol. The molecule has 8 heteroatoms. The first kappa shape index (κ1) is 44.3. The van der Waals surface area contributed by atoms with Crippen LogP contribution >= 0.6 is 0 Å². The lowest BCUT2D eigenvalue weighted by molar-refractivity contribution is -0.341. The van der Waals surface area contributed by atoms with Gasteiger partial charge in [-0.05, 0) is 89.2 Å². The molecule has 1 aromatic rings. The van der Waals surface area contributed by atoms with Crippen molar-refractivity contribution in [3.05, 3.63) is 35.4 Å². The number of hydrogen-bond donors (Lipinski definition) is 0. The average Bonchev–Trinajstić information content (AvgIpc) is 3.11. The molecule has 0 bridgehead atoms. The first-order chi connectivity index (χ1) is 23.7. The highest BCUT2D eigenvalue weighted by Crippen LogP contribution is 2.49. The predicted octanol–water partition coefficient (Wildman–Crippen LogP) is 11.2. The van der Waals surface area contributed by atoms with Crippen LogP contribution in [0, 0.1) is 5.92 Å². The second-order valence-corrected chi connectivity index (χ2v) is 17.3. The van der Waals surface area contributed by atoms with Gasteiger partial charge >= 0.3 is 8.80 Å². The molecule has 0 radical (unpaired) electrons. The minimum Gasteiger partial charge on any atom is -0.381 e. The Hall–Kier alpha value is -0.843. The summed E-state index contributed by atoms with van der Waals surface area (Å²) >= 11 is 0. The van der Waals surface area contributed by atoms with Crippen molar-refractivity contribution < 1.29 is 27.6 Å². The monoisotopic (exact) mass is 708 g/mol. The molecule has 286 valence electrons. The summed E-state index contributed by atoms with van der Waals surface area (Å²) in [5.74, 6) is 0.349. The second kappa shape index (κ2) is 23.7. The van der Waals surface area contributed by atoms with Crippen LogP contribution in [-0.4, -0.2) is 64.6 Å². The average molecular weight is 708 g/mol. The molecule has 1 aromatic carbocycles. The van der Waals surface area contributed by atoms with Crippen molar-refractivity contribution in [1.29, 1.82) is 0 Å². The summed E-state index contributed by atoms with van der Waals surface area (Å²) in [6.07, 6.45) is 16.3. The first-order valence-corrected chi connectivity index (χ1v) is 22.2. The van der Waals surface area contributed by atoms with E-state index in [9.17, 15) is 0 Å². The second-order valence-electron chi connectivity index (χ2n) is 14.5. The lowest BCUT2D eigenvalue weighted by atomic mass is 9.71. The zero-order valence-electron chi connectivity index (χ0n) is 33.6. The zero-order chi connectivity index (χ0) is 36.2. The zero-order valence-corrected chi connectivity index (χ0v) is 34.6. The summed E-state index contributed by atoms with van der Waals surface area (Å²) in [6, 6.07) is 9.91. The van der Waals surface area contributed by atoms with Gasteiger partial charge < -0.3 is 22.8 Å². The van der Waals surface area contributed by atoms with Gasteiger partial charge in [-0.25, -0.2) is 0 Å². The van der Waals surface area contributed by atoms with Gasteiger partial charge in [-0.2, -0.15) is 5.06 Å². The van der Waals surface area contributed by atoms with Crippen LogP contribution in [0.4, 0.5) is 0 Å². The lowest BCUT2D eigenvalue weighted by Crippen LogP contribution is -2.66. The molecule has 2 rings (SSSR count). The number of rotatable bonds is 28. The van der Waals surface area contributed by atoms with Crippen LogP contribution in [0.5, 0.6) is 0 Å². The third-order valence-electron chi connectivity index (χ3n) is 11.1. The Balaban J connectivity index is 1.78. The van der Waals surface area contributed by atoms with E-state index in [0.717, 1.165) is 64.0 Å². The molecule has 1 heterocycles. The van der Waals surface area contributed by atoms with Gasteiger partial charge in [0.1, 0.15) is 6.10 Å². The molecule has 0 aromatic heterocycles. The van der Waals surface area contributed by atoms with Gasteiger partial charge in [0.25, 0.3) is 0 Å². The first-order valence-electron chi connectivity index (χ1n) is 20.3. The van der Waals surface area contributed by atoms with Crippen molar-refractivity contribution >= 4 is 8.80 Å². The highest BCUT2D eigenvalue weighted by molar-refractivity contribution is 6.60. The Morgan fingerprint density at radius 3 is 1.59 bits per heavy atom. The number of benzene rings is 1. The van der Waals surface area contributed by atoms with Crippen molar-refractivity contribution in [2.24, 2.45) is 5.92 Å². The maximum atomic E-state index is 7.21. The number of piperidine rings is 1. The van der Waals surface area contributed by atoms with Crippen LogP contribution in [0.3, 0.4) is 0 Å². The number of hydrogen-bond acceptors (Lipinski definition) is 7. The summed E-state index contributed by atoms with van der Waals surface area (Å²) in [7, 11) is -0.600. The Bertz CT molecular complexity index is 928. The highest BCUT2D eigenvalue weighted by Gasteiger charge is 2.53. The largest absolute Gasteiger partial charge is 0.500 e. The lowest BCUT2D eigenvalue weighted by Gasteiger charge is -2.59. The molecule has 1 aliphatic rings. The van der Waals surface area contributed by atoms with Crippen molar-refractivity contribution in [3.8, 4) is 0 Å². The molecule has 0 amide bonds. The fraction of sp³-hybridized carbons (Fsp3) is 0.854. The van der Waals surface area contributed by atoms with Crippen LogP contribution in [0.15, 0.2) is 24.3 Å². The summed E-state index contributed by atoms with van der Waals surface area (Å²) in [5.41, 5.74) is 2.41. The Kier molecular flexibility index (Phi) is 21.4. The number of methoxy groups -OCH3 is 1. The van der Waals surface area contributed by atoms with E-state index in [1.54, 1.807) is 0 Å². The van der Waals surface area contributed by atoms with Crippen molar-refractivity contribution in [3.63, 3.8) is 0 Å². The standard InChI is InChI=1S/C41H77NO6Si/c1-11-40(12-2)32-38(43-10)33-41(13-3,14-4)42(40)48-39(35(8)9)37-28-26-36(27-29-37)34-44-30-24-22-20-18-19-21-23-25-31-49(45-15-5,46-16-6)47-17-7/h26-29,35,38-39H,11-25,30-34H2,1-10H3.